The maximum Gasteiger partial charge on any atom is 0.0570 e. The molecule has 9 aromatic rings. The largest absolute Gasteiger partial charge is 0.311 e. The van der Waals surface area contributed by atoms with Gasteiger partial charge >= 0.3 is 0 Å². The third-order valence-electron chi connectivity index (χ3n) is 9.92. The number of benzene rings is 8. The minimum atomic E-state index is 1.10. The molecule has 2 nitrogen and oxygen atoms in total. The molecule has 0 aliphatic heterocycles. The van der Waals surface area contributed by atoms with Crippen molar-refractivity contribution in [2.24, 2.45) is 0 Å². The fourth-order valence-electron chi connectivity index (χ4n) is 7.40. The van der Waals surface area contributed by atoms with E-state index in [2.05, 4.69) is 217 Å². The molecular formula is C49H36N2. The zero-order valence-electron chi connectivity index (χ0n) is 28.4. The van der Waals surface area contributed by atoms with Gasteiger partial charge in [-0.2, -0.15) is 0 Å². The molecule has 0 bridgehead atoms. The van der Waals surface area contributed by atoms with Crippen LogP contribution in [0.25, 0.3) is 60.9 Å². The van der Waals surface area contributed by atoms with E-state index in [4.69, 9.17) is 0 Å². The van der Waals surface area contributed by atoms with Gasteiger partial charge in [-0.3, -0.25) is 0 Å². The molecule has 0 N–H and O–H groups in total. The highest BCUT2D eigenvalue weighted by atomic mass is 15.1. The van der Waals surface area contributed by atoms with Crippen LogP contribution < -0.4 is 4.90 Å². The molecule has 51 heavy (non-hydrogen) atoms. The van der Waals surface area contributed by atoms with E-state index >= 15 is 0 Å². The minimum absolute atomic E-state index is 1.10. The SMILES string of the molecule is Cc1cccc2c3ccccc3n(-c3cccc(-c4ccc(N(c5ccc(-c6ccccc6)cc5)c5ccc(-c6ccccc6)cc5)cc4)c3)c12. The van der Waals surface area contributed by atoms with Crippen LogP contribution in [-0.4, -0.2) is 4.57 Å². The van der Waals surface area contributed by atoms with Crippen molar-refractivity contribution in [3.63, 3.8) is 0 Å². The van der Waals surface area contributed by atoms with Crippen LogP contribution in [0, 0.1) is 6.92 Å². The van der Waals surface area contributed by atoms with Crippen molar-refractivity contribution in [2.75, 3.05) is 4.90 Å². The van der Waals surface area contributed by atoms with Gasteiger partial charge in [0.05, 0.1) is 11.0 Å². The maximum atomic E-state index is 2.41. The van der Waals surface area contributed by atoms with Crippen LogP contribution in [0.3, 0.4) is 0 Å². The number of para-hydroxylation sites is 2. The van der Waals surface area contributed by atoms with Crippen molar-refractivity contribution in [2.45, 2.75) is 6.92 Å². The van der Waals surface area contributed by atoms with E-state index in [0.717, 1.165) is 22.7 Å². The average molecular weight is 653 g/mol. The van der Waals surface area contributed by atoms with E-state index in [0.29, 0.717) is 0 Å². The molecule has 0 atom stereocenters. The van der Waals surface area contributed by atoms with Gasteiger partial charge in [-0.05, 0) is 100 Å². The van der Waals surface area contributed by atoms with Crippen LogP contribution in [0.1, 0.15) is 5.56 Å². The summed E-state index contributed by atoms with van der Waals surface area (Å²) in [6.07, 6.45) is 0. The Bertz CT molecular complexity index is 2520. The molecule has 2 heteroatoms. The summed E-state index contributed by atoms with van der Waals surface area (Å²) in [5.41, 5.74) is 15.4. The Morgan fingerprint density at radius 3 is 1.35 bits per heavy atom. The fraction of sp³-hybridized carbons (Fsp3) is 0.0204. The Morgan fingerprint density at radius 1 is 0.353 bits per heavy atom. The smallest absolute Gasteiger partial charge is 0.0570 e. The maximum absolute atomic E-state index is 2.41. The van der Waals surface area contributed by atoms with Gasteiger partial charge in [0.15, 0.2) is 0 Å². The Labute approximate surface area is 299 Å². The van der Waals surface area contributed by atoms with Gasteiger partial charge < -0.3 is 9.47 Å². The molecule has 1 heterocycles. The van der Waals surface area contributed by atoms with E-state index in [-0.39, 0.29) is 0 Å². The first kappa shape index (κ1) is 30.4. The summed E-state index contributed by atoms with van der Waals surface area (Å²) in [5.74, 6) is 0. The molecule has 8 aromatic carbocycles. The second-order valence-electron chi connectivity index (χ2n) is 13.1. The van der Waals surface area contributed by atoms with Gasteiger partial charge in [0.25, 0.3) is 0 Å². The molecule has 0 saturated heterocycles. The molecule has 0 fully saturated rings. The lowest BCUT2D eigenvalue weighted by atomic mass is 10.0. The number of hydrogen-bond acceptors (Lipinski definition) is 1. The van der Waals surface area contributed by atoms with Gasteiger partial charge in [-0.1, -0.05) is 146 Å². The first-order valence-corrected chi connectivity index (χ1v) is 17.5. The number of fused-ring (bicyclic) bond motifs is 3. The average Bonchev–Trinajstić information content (AvgIpc) is 3.55. The predicted molar refractivity (Wildman–Crippen MR) is 217 cm³/mol. The summed E-state index contributed by atoms with van der Waals surface area (Å²) in [6.45, 7) is 2.20. The monoisotopic (exact) mass is 652 g/mol. The second kappa shape index (κ2) is 13.0. The second-order valence-corrected chi connectivity index (χ2v) is 13.1. The summed E-state index contributed by atoms with van der Waals surface area (Å²) < 4.78 is 2.41. The molecule has 1 aromatic heterocycles. The van der Waals surface area contributed by atoms with Gasteiger partial charge in [0, 0.05) is 33.5 Å². The summed E-state index contributed by atoms with van der Waals surface area (Å²) in [5, 5.41) is 2.56. The molecule has 0 saturated carbocycles. The van der Waals surface area contributed by atoms with Crippen LogP contribution in [0.4, 0.5) is 17.1 Å². The number of aromatic nitrogens is 1. The molecule has 242 valence electrons. The zero-order valence-corrected chi connectivity index (χ0v) is 28.4. The Morgan fingerprint density at radius 2 is 0.784 bits per heavy atom. The topological polar surface area (TPSA) is 8.17 Å². The van der Waals surface area contributed by atoms with Gasteiger partial charge in [0.2, 0.25) is 0 Å². The zero-order chi connectivity index (χ0) is 34.1. The number of aryl methyl sites for hydroxylation is 1. The van der Waals surface area contributed by atoms with Crippen molar-refractivity contribution < 1.29 is 0 Å². The third kappa shape index (κ3) is 5.67. The van der Waals surface area contributed by atoms with Crippen LogP contribution >= 0.6 is 0 Å². The van der Waals surface area contributed by atoms with E-state index in [1.165, 1.54) is 60.8 Å². The molecule has 0 radical (unpaired) electrons. The first-order valence-electron chi connectivity index (χ1n) is 17.5. The summed E-state index contributed by atoms with van der Waals surface area (Å²) in [4.78, 5) is 2.34. The highest BCUT2D eigenvalue weighted by molar-refractivity contribution is 6.10. The third-order valence-corrected chi connectivity index (χ3v) is 9.92. The summed E-state index contributed by atoms with van der Waals surface area (Å²) in [6, 6.07) is 72.0. The Kier molecular flexibility index (Phi) is 7.75. The Hall–Kier alpha value is -6.64. The van der Waals surface area contributed by atoms with Crippen molar-refractivity contribution in [3.8, 4) is 39.1 Å². The lowest BCUT2D eigenvalue weighted by molar-refractivity contribution is 1.17. The predicted octanol–water partition coefficient (Wildman–Crippen LogP) is 13.6. The standard InChI is InChI=1S/C49H36N2/c1-35-12-10-20-47-46-19-8-9-21-48(46)51(49(35)47)45-18-11-17-41(34-45)40-26-32-44(33-27-40)50(42-28-22-38(23-29-42)36-13-4-2-5-14-36)43-30-24-39(25-31-43)37-15-6-3-7-16-37/h2-34H,1H3. The molecule has 0 aliphatic carbocycles. The van der Waals surface area contributed by atoms with Crippen LogP contribution in [0.2, 0.25) is 0 Å². The van der Waals surface area contributed by atoms with Crippen LogP contribution in [0.5, 0.6) is 0 Å². The number of rotatable bonds is 7. The van der Waals surface area contributed by atoms with Crippen LogP contribution in [0.15, 0.2) is 200 Å². The fourth-order valence-corrected chi connectivity index (χ4v) is 7.40. The molecule has 0 aliphatic rings. The molecule has 0 amide bonds. The number of hydrogen-bond donors (Lipinski definition) is 0. The lowest BCUT2D eigenvalue weighted by Gasteiger charge is -2.26. The van der Waals surface area contributed by atoms with Gasteiger partial charge in [0.1, 0.15) is 0 Å². The Balaban J connectivity index is 1.10. The van der Waals surface area contributed by atoms with E-state index in [1.807, 2.05) is 0 Å². The number of anilines is 3. The highest BCUT2D eigenvalue weighted by Gasteiger charge is 2.16. The molecule has 0 spiro atoms. The molecule has 9 rings (SSSR count). The number of nitrogens with zero attached hydrogens (tertiary/aromatic N) is 2. The van der Waals surface area contributed by atoms with Crippen molar-refractivity contribution in [1.82, 2.24) is 4.57 Å². The van der Waals surface area contributed by atoms with Crippen molar-refractivity contribution in [3.05, 3.63) is 206 Å². The highest BCUT2D eigenvalue weighted by Crippen LogP contribution is 2.39. The van der Waals surface area contributed by atoms with E-state index in [9.17, 15) is 0 Å². The van der Waals surface area contributed by atoms with E-state index in [1.54, 1.807) is 0 Å². The van der Waals surface area contributed by atoms with Crippen molar-refractivity contribution >= 4 is 38.9 Å². The minimum Gasteiger partial charge on any atom is -0.311 e. The normalized spacial score (nSPS) is 11.2. The van der Waals surface area contributed by atoms with Crippen molar-refractivity contribution in [1.29, 1.82) is 0 Å². The lowest BCUT2D eigenvalue weighted by Crippen LogP contribution is -2.09. The molecule has 0 unspecified atom stereocenters. The summed E-state index contributed by atoms with van der Waals surface area (Å²) in [7, 11) is 0. The summed E-state index contributed by atoms with van der Waals surface area (Å²) >= 11 is 0. The van der Waals surface area contributed by atoms with Gasteiger partial charge in [-0.15, -0.1) is 0 Å². The van der Waals surface area contributed by atoms with Gasteiger partial charge in [-0.25, -0.2) is 0 Å². The first-order chi connectivity index (χ1) is 25.2. The van der Waals surface area contributed by atoms with Crippen LogP contribution in [-0.2, 0) is 0 Å². The quantitative estimate of drug-likeness (QED) is 0.166. The van der Waals surface area contributed by atoms with E-state index < -0.39 is 0 Å². The molecular weight excluding hydrogens is 617 g/mol.